The van der Waals surface area contributed by atoms with Gasteiger partial charge in [-0.1, -0.05) is 13.8 Å². The van der Waals surface area contributed by atoms with E-state index in [4.69, 9.17) is 4.74 Å². The zero-order valence-electron chi connectivity index (χ0n) is 9.82. The van der Waals surface area contributed by atoms with E-state index in [1.165, 1.54) is 7.11 Å². The molecule has 1 unspecified atom stereocenters. The van der Waals surface area contributed by atoms with E-state index in [2.05, 4.69) is 25.7 Å². The van der Waals surface area contributed by atoms with E-state index in [1.54, 1.807) is 26.1 Å². The summed E-state index contributed by atoms with van der Waals surface area (Å²) in [6.45, 7) is 3.55. The molecule has 0 amide bonds. The Hall–Kier alpha value is -1.30. The van der Waals surface area contributed by atoms with Crippen LogP contribution >= 0.6 is 15.9 Å². The first-order valence-corrected chi connectivity index (χ1v) is 5.87. The van der Waals surface area contributed by atoms with Gasteiger partial charge in [0.15, 0.2) is 0 Å². The summed E-state index contributed by atoms with van der Waals surface area (Å²) in [5.41, 5.74) is 0.284. The third-order valence-corrected chi connectivity index (χ3v) is 2.60. The van der Waals surface area contributed by atoms with Gasteiger partial charge in [0.2, 0.25) is 6.10 Å². The molecule has 0 spiro atoms. The van der Waals surface area contributed by atoms with Gasteiger partial charge in [-0.3, -0.25) is 0 Å². The fourth-order valence-electron chi connectivity index (χ4n) is 1.24. The van der Waals surface area contributed by atoms with E-state index in [-0.39, 0.29) is 11.6 Å². The number of ether oxygens (including phenoxy) is 2. The van der Waals surface area contributed by atoms with Crippen molar-refractivity contribution in [2.75, 3.05) is 7.11 Å². The minimum absolute atomic E-state index is 0.148. The number of aromatic nitrogens is 1. The molecule has 1 heterocycles. The standard InChI is InChI=1S/C11H14BrNO4/c1-6(2)9(11(15)16-3)17-10(14)8-4-7(12)5-13-8/h4-6,9,13H,1-3H3. The predicted molar refractivity (Wildman–Crippen MR) is 64.6 cm³/mol. The van der Waals surface area contributed by atoms with Crippen molar-refractivity contribution in [2.24, 2.45) is 5.92 Å². The van der Waals surface area contributed by atoms with Crippen LogP contribution in [0.5, 0.6) is 0 Å². The van der Waals surface area contributed by atoms with Gasteiger partial charge in [0, 0.05) is 16.6 Å². The molecule has 0 aliphatic heterocycles. The summed E-state index contributed by atoms with van der Waals surface area (Å²) in [6.07, 6.45) is 0.716. The molecule has 6 heteroatoms. The highest BCUT2D eigenvalue weighted by Crippen LogP contribution is 2.15. The summed E-state index contributed by atoms with van der Waals surface area (Å²) in [4.78, 5) is 25.9. The van der Waals surface area contributed by atoms with Crippen LogP contribution in [0, 0.1) is 5.92 Å². The van der Waals surface area contributed by atoms with Crippen molar-refractivity contribution in [1.82, 2.24) is 4.98 Å². The average molecular weight is 304 g/mol. The summed E-state index contributed by atoms with van der Waals surface area (Å²) < 4.78 is 10.4. The lowest BCUT2D eigenvalue weighted by atomic mass is 10.1. The number of rotatable bonds is 4. The van der Waals surface area contributed by atoms with Gasteiger partial charge < -0.3 is 14.5 Å². The minimum Gasteiger partial charge on any atom is -0.466 e. The summed E-state index contributed by atoms with van der Waals surface area (Å²) in [5.74, 6) is -1.29. The van der Waals surface area contributed by atoms with Crippen LogP contribution in [-0.4, -0.2) is 30.1 Å². The van der Waals surface area contributed by atoms with Gasteiger partial charge in [0.25, 0.3) is 0 Å². The average Bonchev–Trinajstić information content (AvgIpc) is 2.71. The number of nitrogens with one attached hydrogen (secondary N) is 1. The number of hydrogen-bond donors (Lipinski definition) is 1. The van der Waals surface area contributed by atoms with E-state index in [0.717, 1.165) is 4.47 Å². The smallest absolute Gasteiger partial charge is 0.355 e. The Labute approximate surface area is 108 Å². The maximum Gasteiger partial charge on any atom is 0.355 e. The molecule has 17 heavy (non-hydrogen) atoms. The van der Waals surface area contributed by atoms with Crippen molar-refractivity contribution in [2.45, 2.75) is 20.0 Å². The van der Waals surface area contributed by atoms with Crippen LogP contribution in [0.25, 0.3) is 0 Å². The molecule has 0 aliphatic rings. The molecule has 5 nitrogen and oxygen atoms in total. The highest BCUT2D eigenvalue weighted by atomic mass is 79.9. The van der Waals surface area contributed by atoms with E-state index in [1.807, 2.05) is 0 Å². The Morgan fingerprint density at radius 2 is 2.06 bits per heavy atom. The van der Waals surface area contributed by atoms with Gasteiger partial charge in [-0.05, 0) is 22.0 Å². The zero-order chi connectivity index (χ0) is 13.0. The quantitative estimate of drug-likeness (QED) is 0.865. The topological polar surface area (TPSA) is 68.4 Å². The molecule has 0 bridgehead atoms. The molecular formula is C11H14BrNO4. The van der Waals surface area contributed by atoms with E-state index in [0.29, 0.717) is 0 Å². The lowest BCUT2D eigenvalue weighted by Crippen LogP contribution is -2.33. The molecule has 0 aliphatic carbocycles. The third kappa shape index (κ3) is 3.59. The number of halogens is 1. The molecule has 1 aromatic heterocycles. The second-order valence-corrected chi connectivity index (χ2v) is 4.74. The van der Waals surface area contributed by atoms with Crippen molar-refractivity contribution < 1.29 is 19.1 Å². The van der Waals surface area contributed by atoms with Crippen molar-refractivity contribution >= 4 is 27.9 Å². The second kappa shape index (κ2) is 5.86. The first-order valence-electron chi connectivity index (χ1n) is 5.08. The first kappa shape index (κ1) is 13.8. The third-order valence-electron chi connectivity index (χ3n) is 2.14. The molecule has 1 aromatic rings. The van der Waals surface area contributed by atoms with Crippen molar-refractivity contribution in [3.05, 3.63) is 22.4 Å². The van der Waals surface area contributed by atoms with Crippen LogP contribution in [0.4, 0.5) is 0 Å². The molecule has 0 radical (unpaired) electrons. The fraction of sp³-hybridized carbons (Fsp3) is 0.455. The SMILES string of the molecule is COC(=O)C(OC(=O)c1cc(Br)c[nH]1)C(C)C. The summed E-state index contributed by atoms with van der Waals surface area (Å²) in [5, 5.41) is 0. The van der Waals surface area contributed by atoms with Crippen LogP contribution < -0.4 is 0 Å². The Kier molecular flexibility index (Phi) is 4.74. The fourth-order valence-corrected chi connectivity index (χ4v) is 1.58. The number of esters is 2. The number of H-pyrrole nitrogens is 1. The highest BCUT2D eigenvalue weighted by Gasteiger charge is 2.28. The number of methoxy groups -OCH3 is 1. The van der Waals surface area contributed by atoms with Gasteiger partial charge in [0.05, 0.1) is 7.11 Å². The molecule has 0 saturated heterocycles. The van der Waals surface area contributed by atoms with E-state index >= 15 is 0 Å². The summed E-state index contributed by atoms with van der Waals surface area (Å²) >= 11 is 3.21. The molecule has 0 fully saturated rings. The van der Waals surface area contributed by atoms with Crippen molar-refractivity contribution in [3.63, 3.8) is 0 Å². The molecule has 94 valence electrons. The Morgan fingerprint density at radius 1 is 1.41 bits per heavy atom. The van der Waals surface area contributed by atoms with Gasteiger partial charge in [-0.25, -0.2) is 9.59 Å². The Balaban J connectivity index is 2.74. The minimum atomic E-state index is -0.894. The summed E-state index contributed by atoms with van der Waals surface area (Å²) in [6, 6.07) is 1.58. The van der Waals surface area contributed by atoms with Crippen LogP contribution in [0.3, 0.4) is 0 Å². The van der Waals surface area contributed by atoms with Crippen LogP contribution in [0.2, 0.25) is 0 Å². The van der Waals surface area contributed by atoms with Crippen molar-refractivity contribution in [3.8, 4) is 0 Å². The molecule has 0 aromatic carbocycles. The lowest BCUT2D eigenvalue weighted by molar-refractivity contribution is -0.153. The number of carbonyl (C=O) groups excluding carboxylic acids is 2. The molecule has 1 atom stereocenters. The van der Waals surface area contributed by atoms with E-state index in [9.17, 15) is 9.59 Å². The number of aromatic amines is 1. The normalized spacial score (nSPS) is 12.3. The second-order valence-electron chi connectivity index (χ2n) is 3.82. The van der Waals surface area contributed by atoms with Crippen molar-refractivity contribution in [1.29, 1.82) is 0 Å². The maximum atomic E-state index is 11.7. The summed E-state index contributed by atoms with van der Waals surface area (Å²) in [7, 11) is 1.26. The van der Waals surface area contributed by atoms with Gasteiger partial charge in [-0.15, -0.1) is 0 Å². The largest absolute Gasteiger partial charge is 0.466 e. The van der Waals surface area contributed by atoms with Crippen LogP contribution in [0.1, 0.15) is 24.3 Å². The molecule has 1 N–H and O–H groups in total. The molecule has 1 rings (SSSR count). The zero-order valence-corrected chi connectivity index (χ0v) is 11.4. The molecule has 0 saturated carbocycles. The Bertz CT molecular complexity index is 413. The van der Waals surface area contributed by atoms with Gasteiger partial charge in [-0.2, -0.15) is 0 Å². The first-order chi connectivity index (χ1) is 7.95. The van der Waals surface area contributed by atoms with E-state index < -0.39 is 18.0 Å². The van der Waals surface area contributed by atoms with Crippen LogP contribution in [-0.2, 0) is 14.3 Å². The number of carbonyl (C=O) groups is 2. The van der Waals surface area contributed by atoms with Gasteiger partial charge in [0.1, 0.15) is 5.69 Å². The number of hydrogen-bond acceptors (Lipinski definition) is 4. The predicted octanol–water partition coefficient (Wildman–Crippen LogP) is 2.13. The monoisotopic (exact) mass is 303 g/mol. The maximum absolute atomic E-state index is 11.7. The van der Waals surface area contributed by atoms with Crippen LogP contribution in [0.15, 0.2) is 16.7 Å². The lowest BCUT2D eigenvalue weighted by Gasteiger charge is -2.18. The van der Waals surface area contributed by atoms with Gasteiger partial charge >= 0.3 is 11.9 Å². The molecular weight excluding hydrogens is 290 g/mol. The highest BCUT2D eigenvalue weighted by molar-refractivity contribution is 9.10. The Morgan fingerprint density at radius 3 is 2.47 bits per heavy atom.